The molecule has 2 heterocycles. The highest BCUT2D eigenvalue weighted by molar-refractivity contribution is 7.69. The van der Waals surface area contributed by atoms with Crippen LogP contribution in [0.15, 0.2) is 141 Å². The topological polar surface area (TPSA) is 106 Å². The zero-order chi connectivity index (χ0) is 33.9. The molecule has 4 aromatic carbocycles. The summed E-state index contributed by atoms with van der Waals surface area (Å²) in [6.45, 7) is 0. The van der Waals surface area contributed by atoms with Crippen molar-refractivity contribution in [3.8, 4) is 22.9 Å². The van der Waals surface area contributed by atoms with Gasteiger partial charge >= 0.3 is 11.4 Å². The molecule has 0 radical (unpaired) electrons. The molecule has 10 nitrogen and oxygen atoms in total. The maximum absolute atomic E-state index is 14.1. The standard InChI is InChI=1S/C36H32N4O6P2/c1-37-29(31(33(41)39(3)35(37)43)45-47(25-17-9-5-10-18-25)26-19-11-6-12-20-26)30-32(34(42)40(4)36(44)38(30)2)46-48(27-21-13-7-14-22-27)28-23-15-8-16-24-28/h5-24H,1-4H3. The van der Waals surface area contributed by atoms with E-state index in [1.54, 1.807) is 0 Å². The third-order valence-corrected chi connectivity index (χ3v) is 11.6. The molecule has 0 aliphatic rings. The number of nitrogens with zero attached hydrogens (tertiary/aromatic N) is 4. The molecule has 0 spiro atoms. The summed E-state index contributed by atoms with van der Waals surface area (Å²) in [6, 6.07) is 37.8. The van der Waals surface area contributed by atoms with Crippen LogP contribution in [0.1, 0.15) is 0 Å². The minimum absolute atomic E-state index is 0.0502. The Kier molecular flexibility index (Phi) is 9.40. The van der Waals surface area contributed by atoms with E-state index in [1.165, 1.54) is 37.3 Å². The average molecular weight is 679 g/mol. The Morgan fingerprint density at radius 3 is 0.896 bits per heavy atom. The lowest BCUT2D eigenvalue weighted by molar-refractivity contribution is 0.549. The molecule has 0 aliphatic carbocycles. The first-order valence-electron chi connectivity index (χ1n) is 15.0. The second-order valence-electron chi connectivity index (χ2n) is 10.9. The highest BCUT2D eigenvalue weighted by Crippen LogP contribution is 2.43. The monoisotopic (exact) mass is 678 g/mol. The molecule has 0 unspecified atom stereocenters. The Labute approximate surface area is 278 Å². The summed E-state index contributed by atoms with van der Waals surface area (Å²) in [7, 11) is 2.36. The van der Waals surface area contributed by atoms with Crippen LogP contribution < -0.4 is 52.8 Å². The van der Waals surface area contributed by atoms with Gasteiger partial charge in [-0.2, -0.15) is 0 Å². The lowest BCUT2D eigenvalue weighted by atomic mass is 10.2. The lowest BCUT2D eigenvalue weighted by Crippen LogP contribution is -2.42. The van der Waals surface area contributed by atoms with Crippen molar-refractivity contribution in [1.82, 2.24) is 18.3 Å². The van der Waals surface area contributed by atoms with Crippen LogP contribution in [0.25, 0.3) is 11.4 Å². The number of hydrogen-bond donors (Lipinski definition) is 0. The first-order chi connectivity index (χ1) is 23.2. The van der Waals surface area contributed by atoms with Crippen LogP contribution in [-0.2, 0) is 28.2 Å². The zero-order valence-electron chi connectivity index (χ0n) is 26.7. The molecule has 6 aromatic rings. The van der Waals surface area contributed by atoms with Gasteiger partial charge in [-0.25, -0.2) is 9.59 Å². The third kappa shape index (κ3) is 6.08. The second-order valence-corrected chi connectivity index (χ2v) is 14.5. The summed E-state index contributed by atoms with van der Waals surface area (Å²) in [4.78, 5) is 55.3. The van der Waals surface area contributed by atoms with E-state index in [0.717, 1.165) is 30.4 Å². The van der Waals surface area contributed by atoms with Crippen LogP contribution in [0.4, 0.5) is 0 Å². The maximum atomic E-state index is 14.1. The minimum Gasteiger partial charge on any atom is -0.456 e. The molecule has 0 saturated carbocycles. The molecule has 242 valence electrons. The number of hydrogen-bond acceptors (Lipinski definition) is 6. The quantitative estimate of drug-likeness (QED) is 0.218. The van der Waals surface area contributed by atoms with E-state index < -0.39 is 38.8 Å². The molecule has 0 N–H and O–H groups in total. The summed E-state index contributed by atoms with van der Waals surface area (Å²) in [5.41, 5.74) is -2.88. The maximum Gasteiger partial charge on any atom is 0.331 e. The van der Waals surface area contributed by atoms with Gasteiger partial charge in [0.25, 0.3) is 11.1 Å². The van der Waals surface area contributed by atoms with Crippen molar-refractivity contribution in [1.29, 1.82) is 0 Å². The van der Waals surface area contributed by atoms with Crippen LogP contribution in [0.5, 0.6) is 11.5 Å². The number of aromatic nitrogens is 4. The molecule has 0 fully saturated rings. The van der Waals surface area contributed by atoms with Crippen LogP contribution in [-0.4, -0.2) is 18.3 Å². The van der Waals surface area contributed by atoms with Crippen LogP contribution in [0, 0.1) is 0 Å². The zero-order valence-corrected chi connectivity index (χ0v) is 28.5. The van der Waals surface area contributed by atoms with Gasteiger partial charge in [0.1, 0.15) is 11.4 Å². The molecule has 6 rings (SSSR count). The lowest BCUT2D eigenvalue weighted by Gasteiger charge is -2.25. The van der Waals surface area contributed by atoms with E-state index >= 15 is 0 Å². The van der Waals surface area contributed by atoms with Gasteiger partial charge in [0.05, 0.1) is 0 Å². The Morgan fingerprint density at radius 1 is 0.396 bits per heavy atom. The van der Waals surface area contributed by atoms with Crippen molar-refractivity contribution in [2.24, 2.45) is 28.2 Å². The SMILES string of the molecule is Cn1c(-c2c(OP(c3ccccc3)c3ccccc3)c(=O)n(C)c(=O)n2C)c(OP(c2ccccc2)c2ccccc2)c(=O)n(C)c1=O. The molecule has 0 atom stereocenters. The predicted molar refractivity (Wildman–Crippen MR) is 192 cm³/mol. The third-order valence-electron chi connectivity index (χ3n) is 7.80. The van der Waals surface area contributed by atoms with E-state index in [2.05, 4.69) is 0 Å². The predicted octanol–water partition coefficient (Wildman–Crippen LogP) is 3.00. The van der Waals surface area contributed by atoms with Gasteiger partial charge in [-0.05, 0) is 0 Å². The van der Waals surface area contributed by atoms with Crippen molar-refractivity contribution in [2.45, 2.75) is 0 Å². The molecular formula is C36H32N4O6P2. The van der Waals surface area contributed by atoms with E-state index in [4.69, 9.17) is 9.05 Å². The van der Waals surface area contributed by atoms with E-state index in [0.29, 0.717) is 0 Å². The Hall–Kier alpha value is -5.30. The van der Waals surface area contributed by atoms with Crippen molar-refractivity contribution >= 4 is 37.5 Å². The summed E-state index contributed by atoms with van der Waals surface area (Å²) in [5.74, 6) is -0.398. The smallest absolute Gasteiger partial charge is 0.331 e. The Bertz CT molecular complexity index is 2080. The molecule has 0 saturated heterocycles. The Morgan fingerprint density at radius 2 is 0.646 bits per heavy atom. The van der Waals surface area contributed by atoms with E-state index in [9.17, 15) is 19.2 Å². The van der Waals surface area contributed by atoms with Crippen molar-refractivity contribution in [2.75, 3.05) is 0 Å². The molecule has 12 heteroatoms. The van der Waals surface area contributed by atoms with Crippen LogP contribution >= 0.6 is 16.3 Å². The molecular weight excluding hydrogens is 646 g/mol. The Balaban J connectivity index is 1.65. The van der Waals surface area contributed by atoms with Gasteiger partial charge in [-0.3, -0.25) is 27.9 Å². The van der Waals surface area contributed by atoms with Gasteiger partial charge in [-0.1, -0.05) is 121 Å². The first kappa shape index (κ1) is 32.6. The fourth-order valence-corrected chi connectivity index (χ4v) is 8.75. The summed E-state index contributed by atoms with van der Waals surface area (Å²) < 4.78 is 17.8. The fraction of sp³-hybridized carbons (Fsp3) is 0.111. The largest absolute Gasteiger partial charge is 0.456 e. The van der Waals surface area contributed by atoms with E-state index in [1.807, 2.05) is 121 Å². The molecule has 0 amide bonds. The highest BCUT2D eigenvalue weighted by Gasteiger charge is 2.32. The summed E-state index contributed by atoms with van der Waals surface area (Å²) in [6.07, 6.45) is 0. The summed E-state index contributed by atoms with van der Waals surface area (Å²) >= 11 is 0. The minimum atomic E-state index is -1.65. The molecule has 48 heavy (non-hydrogen) atoms. The summed E-state index contributed by atoms with van der Waals surface area (Å²) in [5, 5.41) is 3.25. The molecule has 0 bridgehead atoms. The van der Waals surface area contributed by atoms with Gasteiger partial charge in [-0.15, -0.1) is 0 Å². The second kappa shape index (κ2) is 13.8. The highest BCUT2D eigenvalue weighted by atomic mass is 31.1. The van der Waals surface area contributed by atoms with E-state index in [-0.39, 0.29) is 22.9 Å². The number of benzene rings is 4. The van der Waals surface area contributed by atoms with Gasteiger partial charge < -0.3 is 9.05 Å². The van der Waals surface area contributed by atoms with Crippen molar-refractivity contribution in [3.63, 3.8) is 0 Å². The average Bonchev–Trinajstić information content (AvgIpc) is 3.13. The fourth-order valence-electron chi connectivity index (χ4n) is 5.27. The molecule has 0 aliphatic heterocycles. The van der Waals surface area contributed by atoms with Crippen molar-refractivity contribution in [3.05, 3.63) is 163 Å². The van der Waals surface area contributed by atoms with Gasteiger partial charge in [0, 0.05) is 49.4 Å². The van der Waals surface area contributed by atoms with Gasteiger partial charge in [0.2, 0.25) is 11.5 Å². The van der Waals surface area contributed by atoms with Crippen molar-refractivity contribution < 1.29 is 9.05 Å². The molecule has 2 aromatic heterocycles. The number of rotatable bonds is 9. The van der Waals surface area contributed by atoms with Crippen LogP contribution in [0.3, 0.4) is 0 Å². The normalized spacial score (nSPS) is 11.2. The van der Waals surface area contributed by atoms with Crippen LogP contribution in [0.2, 0.25) is 0 Å². The first-order valence-corrected chi connectivity index (χ1v) is 17.5. The van der Waals surface area contributed by atoms with Gasteiger partial charge in [0.15, 0.2) is 16.3 Å².